The Morgan fingerprint density at radius 2 is 2.10 bits per heavy atom. The lowest BCUT2D eigenvalue weighted by Gasteiger charge is -2.48. The number of nitrogens with one attached hydrogen (secondary N) is 1. The van der Waals surface area contributed by atoms with E-state index >= 15 is 0 Å². The van der Waals surface area contributed by atoms with Crippen LogP contribution in [0.3, 0.4) is 0 Å². The molecule has 5 heteroatoms. The molecule has 4 rings (SSSR count). The summed E-state index contributed by atoms with van der Waals surface area (Å²) in [6, 6.07) is 7.62. The van der Waals surface area contributed by atoms with Gasteiger partial charge in [0.2, 0.25) is 0 Å². The Kier molecular flexibility index (Phi) is 2.48. The minimum absolute atomic E-state index is 0.0303. The maximum atomic E-state index is 12.4. The number of hydrogen-bond donors (Lipinski definition) is 2. The normalized spacial score (nSPS) is 26.9. The van der Waals surface area contributed by atoms with Crippen molar-refractivity contribution in [3.8, 4) is 5.75 Å². The van der Waals surface area contributed by atoms with Gasteiger partial charge in [0, 0.05) is 0 Å². The molecular formula is C15H18N2O3. The van der Waals surface area contributed by atoms with Crippen molar-refractivity contribution in [2.24, 2.45) is 5.92 Å². The molecule has 1 unspecified atom stereocenters. The predicted octanol–water partition coefficient (Wildman–Crippen LogP) is 0.843. The first-order chi connectivity index (χ1) is 9.66. The molecule has 0 radical (unpaired) electrons. The van der Waals surface area contributed by atoms with Crippen LogP contribution in [0.25, 0.3) is 0 Å². The standard InChI is InChI=1S/C15H18N2O3/c18-14(17-8-15(19,9-17)10-5-6-10)13-7-16-11-3-1-2-4-12(11)20-13/h1-4,10,13,16,19H,5-9H2. The molecule has 106 valence electrons. The van der Waals surface area contributed by atoms with Gasteiger partial charge in [0.1, 0.15) is 11.4 Å². The van der Waals surface area contributed by atoms with Crippen LogP contribution in [0.5, 0.6) is 5.75 Å². The fourth-order valence-electron chi connectivity index (χ4n) is 3.10. The highest BCUT2D eigenvalue weighted by Crippen LogP contribution is 2.44. The quantitative estimate of drug-likeness (QED) is 0.839. The number of fused-ring (bicyclic) bond motifs is 1. The Morgan fingerprint density at radius 3 is 2.85 bits per heavy atom. The molecule has 3 aliphatic rings. The second kappa shape index (κ2) is 4.12. The van der Waals surface area contributed by atoms with E-state index in [9.17, 15) is 9.90 Å². The van der Waals surface area contributed by atoms with Gasteiger partial charge in [0.05, 0.1) is 25.3 Å². The smallest absolute Gasteiger partial charge is 0.265 e. The Labute approximate surface area is 117 Å². The van der Waals surface area contributed by atoms with Crippen molar-refractivity contribution in [2.75, 3.05) is 25.0 Å². The zero-order chi connectivity index (χ0) is 13.7. The van der Waals surface area contributed by atoms with Crippen LogP contribution in [0.15, 0.2) is 24.3 Å². The molecule has 1 aromatic carbocycles. The molecule has 1 saturated heterocycles. The SMILES string of the molecule is O=C(C1CNc2ccccc2O1)N1CC(O)(C2CC2)C1. The maximum Gasteiger partial charge on any atom is 0.265 e. The number of carbonyl (C=O) groups is 1. The van der Waals surface area contributed by atoms with E-state index in [-0.39, 0.29) is 5.91 Å². The van der Waals surface area contributed by atoms with Gasteiger partial charge in [-0.05, 0) is 30.9 Å². The van der Waals surface area contributed by atoms with E-state index in [0.717, 1.165) is 24.3 Å². The summed E-state index contributed by atoms with van der Waals surface area (Å²) in [5.41, 5.74) is 0.296. The summed E-state index contributed by atoms with van der Waals surface area (Å²) in [6.07, 6.45) is 1.69. The van der Waals surface area contributed by atoms with Crippen LogP contribution < -0.4 is 10.1 Å². The van der Waals surface area contributed by atoms with Crippen LogP contribution in [-0.4, -0.2) is 47.3 Å². The summed E-state index contributed by atoms with van der Waals surface area (Å²) in [7, 11) is 0. The second-order valence-corrected chi connectivity index (χ2v) is 6.06. The molecule has 1 aliphatic carbocycles. The molecule has 2 aliphatic heterocycles. The molecular weight excluding hydrogens is 256 g/mol. The fraction of sp³-hybridized carbons (Fsp3) is 0.533. The van der Waals surface area contributed by atoms with E-state index in [0.29, 0.717) is 25.6 Å². The molecule has 0 aromatic heterocycles. The molecule has 2 heterocycles. The van der Waals surface area contributed by atoms with Crippen LogP contribution in [0.2, 0.25) is 0 Å². The number of β-amino-alcohol motifs (C(OH)–C–C–N with tert-alkyl or cyclic N) is 1. The van der Waals surface area contributed by atoms with Crippen LogP contribution in [0.1, 0.15) is 12.8 Å². The first kappa shape index (κ1) is 12.0. The number of nitrogens with zero attached hydrogens (tertiary/aromatic N) is 1. The number of likely N-dealkylation sites (tertiary alicyclic amines) is 1. The molecule has 2 N–H and O–H groups in total. The van der Waals surface area contributed by atoms with Crippen molar-refractivity contribution in [1.29, 1.82) is 0 Å². The highest BCUT2D eigenvalue weighted by molar-refractivity contribution is 5.84. The van der Waals surface area contributed by atoms with E-state index in [4.69, 9.17) is 4.74 Å². The summed E-state index contributed by atoms with van der Waals surface area (Å²) < 4.78 is 5.76. The number of aliphatic hydroxyl groups is 1. The predicted molar refractivity (Wildman–Crippen MR) is 73.6 cm³/mol. The minimum atomic E-state index is -0.629. The third-order valence-corrected chi connectivity index (χ3v) is 4.49. The zero-order valence-electron chi connectivity index (χ0n) is 11.2. The molecule has 0 bridgehead atoms. The molecule has 5 nitrogen and oxygen atoms in total. The van der Waals surface area contributed by atoms with Gasteiger partial charge in [0.25, 0.3) is 5.91 Å². The molecule has 1 atom stereocenters. The van der Waals surface area contributed by atoms with Gasteiger partial charge in [-0.25, -0.2) is 0 Å². The van der Waals surface area contributed by atoms with Crippen molar-refractivity contribution in [3.63, 3.8) is 0 Å². The number of carbonyl (C=O) groups excluding carboxylic acids is 1. The third kappa shape index (κ3) is 1.85. The Morgan fingerprint density at radius 1 is 1.35 bits per heavy atom. The van der Waals surface area contributed by atoms with Gasteiger partial charge < -0.3 is 20.1 Å². The van der Waals surface area contributed by atoms with E-state index in [2.05, 4.69) is 5.32 Å². The Hall–Kier alpha value is -1.75. The third-order valence-electron chi connectivity index (χ3n) is 4.49. The average molecular weight is 274 g/mol. The number of rotatable bonds is 2. The molecule has 20 heavy (non-hydrogen) atoms. The summed E-state index contributed by atoms with van der Waals surface area (Å²) >= 11 is 0. The van der Waals surface area contributed by atoms with Crippen molar-refractivity contribution in [1.82, 2.24) is 4.90 Å². The molecule has 1 aromatic rings. The van der Waals surface area contributed by atoms with E-state index < -0.39 is 11.7 Å². The number of para-hydroxylation sites is 2. The highest BCUT2D eigenvalue weighted by Gasteiger charge is 2.54. The lowest BCUT2D eigenvalue weighted by Crippen LogP contribution is -2.67. The minimum Gasteiger partial charge on any atom is -0.477 e. The van der Waals surface area contributed by atoms with Crippen LogP contribution in [0, 0.1) is 5.92 Å². The van der Waals surface area contributed by atoms with E-state index in [1.165, 1.54) is 0 Å². The van der Waals surface area contributed by atoms with Gasteiger partial charge in [-0.3, -0.25) is 4.79 Å². The van der Waals surface area contributed by atoms with Gasteiger partial charge >= 0.3 is 0 Å². The van der Waals surface area contributed by atoms with Crippen molar-refractivity contribution in [2.45, 2.75) is 24.5 Å². The number of amides is 1. The number of hydrogen-bond acceptors (Lipinski definition) is 4. The van der Waals surface area contributed by atoms with Gasteiger partial charge in [-0.15, -0.1) is 0 Å². The van der Waals surface area contributed by atoms with Crippen LogP contribution >= 0.6 is 0 Å². The van der Waals surface area contributed by atoms with Crippen LogP contribution in [0.4, 0.5) is 5.69 Å². The van der Waals surface area contributed by atoms with Crippen molar-refractivity contribution < 1.29 is 14.6 Å². The average Bonchev–Trinajstić information content (AvgIpc) is 3.27. The highest BCUT2D eigenvalue weighted by atomic mass is 16.5. The van der Waals surface area contributed by atoms with Crippen molar-refractivity contribution in [3.05, 3.63) is 24.3 Å². The van der Waals surface area contributed by atoms with Crippen molar-refractivity contribution >= 4 is 11.6 Å². The Bertz CT molecular complexity index is 550. The molecule has 2 fully saturated rings. The molecule has 1 amide bonds. The fourth-order valence-corrected chi connectivity index (χ4v) is 3.10. The number of ether oxygens (including phenoxy) is 1. The first-order valence-corrected chi connectivity index (χ1v) is 7.16. The van der Waals surface area contributed by atoms with E-state index in [1.807, 2.05) is 24.3 Å². The topological polar surface area (TPSA) is 61.8 Å². The number of anilines is 1. The monoisotopic (exact) mass is 274 g/mol. The van der Waals surface area contributed by atoms with Gasteiger partial charge in [-0.1, -0.05) is 12.1 Å². The molecule has 1 saturated carbocycles. The zero-order valence-corrected chi connectivity index (χ0v) is 11.2. The summed E-state index contributed by atoms with van der Waals surface area (Å²) in [4.78, 5) is 14.1. The Balaban J connectivity index is 1.41. The maximum absolute atomic E-state index is 12.4. The summed E-state index contributed by atoms with van der Waals surface area (Å²) in [5, 5.41) is 13.5. The summed E-state index contributed by atoms with van der Waals surface area (Å²) in [5.74, 6) is 1.09. The first-order valence-electron chi connectivity index (χ1n) is 7.16. The van der Waals surface area contributed by atoms with Gasteiger partial charge in [0.15, 0.2) is 6.10 Å². The van der Waals surface area contributed by atoms with Crippen LogP contribution in [-0.2, 0) is 4.79 Å². The van der Waals surface area contributed by atoms with E-state index in [1.54, 1.807) is 4.90 Å². The largest absolute Gasteiger partial charge is 0.477 e. The lowest BCUT2D eigenvalue weighted by molar-refractivity contribution is -0.165. The summed E-state index contributed by atoms with van der Waals surface area (Å²) in [6.45, 7) is 1.39. The van der Waals surface area contributed by atoms with Gasteiger partial charge in [-0.2, -0.15) is 0 Å². The number of benzene rings is 1. The molecule has 0 spiro atoms. The second-order valence-electron chi connectivity index (χ2n) is 6.06. The lowest BCUT2D eigenvalue weighted by atomic mass is 9.88.